The molecule has 1 N–H and O–H groups in total. The van der Waals surface area contributed by atoms with Crippen LogP contribution in [-0.4, -0.2) is 37.6 Å². The Hall–Kier alpha value is -3.46. The molecular formula is C21H19FN6O2. The van der Waals surface area contributed by atoms with Crippen molar-refractivity contribution in [2.45, 2.75) is 26.4 Å². The summed E-state index contributed by atoms with van der Waals surface area (Å²) in [5, 5.41) is 8.92. The number of ether oxygens (including phenoxy) is 1. The van der Waals surface area contributed by atoms with Gasteiger partial charge in [-0.15, -0.1) is 5.10 Å². The Morgan fingerprint density at radius 3 is 2.87 bits per heavy atom. The molecule has 9 heteroatoms. The molecule has 0 aliphatic heterocycles. The summed E-state index contributed by atoms with van der Waals surface area (Å²) in [6, 6.07) is 3.18. The van der Waals surface area contributed by atoms with Crippen LogP contribution in [0.1, 0.15) is 24.1 Å². The molecule has 0 unspecified atom stereocenters. The van der Waals surface area contributed by atoms with Crippen molar-refractivity contribution in [3.63, 3.8) is 0 Å². The van der Waals surface area contributed by atoms with Crippen molar-refractivity contribution in [2.75, 3.05) is 12.4 Å². The van der Waals surface area contributed by atoms with Gasteiger partial charge in [0.25, 0.3) is 0 Å². The highest BCUT2D eigenvalue weighted by Gasteiger charge is 2.30. The van der Waals surface area contributed by atoms with Crippen LogP contribution in [0.4, 0.5) is 10.2 Å². The number of halogens is 1. The lowest BCUT2D eigenvalue weighted by molar-refractivity contribution is -0.117. The van der Waals surface area contributed by atoms with Crippen molar-refractivity contribution in [2.24, 2.45) is 5.92 Å². The van der Waals surface area contributed by atoms with Crippen molar-refractivity contribution >= 4 is 28.1 Å². The van der Waals surface area contributed by atoms with Crippen molar-refractivity contribution in [3.05, 3.63) is 47.8 Å². The van der Waals surface area contributed by atoms with Gasteiger partial charge in [-0.05, 0) is 37.5 Å². The van der Waals surface area contributed by atoms with Crippen LogP contribution in [0.5, 0.6) is 0 Å². The number of hydrogen-bond donors (Lipinski definition) is 1. The fourth-order valence-electron chi connectivity index (χ4n) is 3.44. The van der Waals surface area contributed by atoms with Gasteiger partial charge in [-0.2, -0.15) is 0 Å². The van der Waals surface area contributed by atoms with Crippen molar-refractivity contribution in [1.82, 2.24) is 24.6 Å². The summed E-state index contributed by atoms with van der Waals surface area (Å²) < 4.78 is 21.0. The molecule has 1 aliphatic rings. The summed E-state index contributed by atoms with van der Waals surface area (Å²) in [5.74, 6) is 0.375. The molecule has 152 valence electrons. The Morgan fingerprint density at radius 2 is 2.10 bits per heavy atom. The van der Waals surface area contributed by atoms with E-state index in [0.717, 1.165) is 29.3 Å². The quantitative estimate of drug-likeness (QED) is 0.547. The molecule has 0 bridgehead atoms. The summed E-state index contributed by atoms with van der Waals surface area (Å²) in [5.41, 5.74) is 2.20. The van der Waals surface area contributed by atoms with Gasteiger partial charge in [0.1, 0.15) is 5.82 Å². The van der Waals surface area contributed by atoms with Gasteiger partial charge in [0, 0.05) is 53.6 Å². The summed E-state index contributed by atoms with van der Waals surface area (Å²) in [6.07, 6.45) is 6.85. The molecule has 1 fully saturated rings. The maximum absolute atomic E-state index is 14.5. The standard InChI is InChI=1S/C21H19FN6O2/c1-11-15-7-24-18(25-21(29)13-3-4-13)6-14(15)16(8-23-11)19-26-20-17(22)5-12(10-30-2)9-28(20)27-19/h5-9,13H,3-4,10H2,1-2H3,(H,24,25,29). The minimum atomic E-state index is -0.480. The first-order valence-corrected chi connectivity index (χ1v) is 9.64. The maximum atomic E-state index is 14.5. The van der Waals surface area contributed by atoms with Crippen LogP contribution in [0.2, 0.25) is 0 Å². The number of rotatable bonds is 5. The van der Waals surface area contributed by atoms with E-state index in [2.05, 4.69) is 25.4 Å². The third-order valence-corrected chi connectivity index (χ3v) is 5.17. The van der Waals surface area contributed by atoms with Gasteiger partial charge in [0.05, 0.1) is 6.61 Å². The van der Waals surface area contributed by atoms with Gasteiger partial charge in [-0.25, -0.2) is 18.9 Å². The molecule has 1 amide bonds. The second-order valence-electron chi connectivity index (χ2n) is 7.47. The smallest absolute Gasteiger partial charge is 0.228 e. The molecule has 5 rings (SSSR count). The number of anilines is 1. The maximum Gasteiger partial charge on any atom is 0.228 e. The highest BCUT2D eigenvalue weighted by atomic mass is 19.1. The lowest BCUT2D eigenvalue weighted by Gasteiger charge is -2.09. The fourth-order valence-corrected chi connectivity index (χ4v) is 3.44. The van der Waals surface area contributed by atoms with Gasteiger partial charge in [-0.1, -0.05) is 0 Å². The number of nitrogens with zero attached hydrogens (tertiary/aromatic N) is 5. The molecule has 8 nitrogen and oxygen atoms in total. The van der Waals surface area contributed by atoms with Gasteiger partial charge in [0.15, 0.2) is 17.3 Å². The number of hydrogen-bond acceptors (Lipinski definition) is 6. The van der Waals surface area contributed by atoms with Gasteiger partial charge in [-0.3, -0.25) is 9.78 Å². The molecule has 0 spiro atoms. The molecule has 1 aliphatic carbocycles. The fraction of sp³-hybridized carbons (Fsp3) is 0.286. The predicted octanol–water partition coefficient (Wildman–Crippen LogP) is 3.28. The molecule has 0 atom stereocenters. The average molecular weight is 406 g/mol. The summed E-state index contributed by atoms with van der Waals surface area (Å²) in [7, 11) is 1.55. The first kappa shape index (κ1) is 18.6. The van der Waals surface area contributed by atoms with Crippen molar-refractivity contribution in [3.8, 4) is 11.4 Å². The van der Waals surface area contributed by atoms with Crippen molar-refractivity contribution in [1.29, 1.82) is 0 Å². The van der Waals surface area contributed by atoms with E-state index in [1.54, 1.807) is 31.8 Å². The van der Waals surface area contributed by atoms with Gasteiger partial charge >= 0.3 is 0 Å². The van der Waals surface area contributed by atoms with Crippen LogP contribution >= 0.6 is 0 Å². The van der Waals surface area contributed by atoms with E-state index in [0.29, 0.717) is 22.8 Å². The molecule has 30 heavy (non-hydrogen) atoms. The molecule has 4 aromatic heterocycles. The lowest BCUT2D eigenvalue weighted by Crippen LogP contribution is -2.14. The summed E-state index contributed by atoms with van der Waals surface area (Å²) in [4.78, 5) is 25.3. The first-order valence-electron chi connectivity index (χ1n) is 9.64. The zero-order chi connectivity index (χ0) is 20.8. The molecule has 0 radical (unpaired) electrons. The molecule has 1 saturated carbocycles. The molecule has 0 saturated heterocycles. The van der Waals surface area contributed by atoms with E-state index >= 15 is 0 Å². The highest BCUT2D eigenvalue weighted by molar-refractivity contribution is 5.99. The van der Waals surface area contributed by atoms with Crippen LogP contribution in [0, 0.1) is 18.7 Å². The second kappa shape index (κ2) is 7.10. The monoisotopic (exact) mass is 406 g/mol. The van der Waals surface area contributed by atoms with Gasteiger partial charge < -0.3 is 10.1 Å². The van der Waals surface area contributed by atoms with E-state index in [1.807, 2.05) is 6.92 Å². The topological polar surface area (TPSA) is 94.3 Å². The molecule has 0 aromatic carbocycles. The molecular weight excluding hydrogens is 387 g/mol. The van der Waals surface area contributed by atoms with E-state index in [-0.39, 0.29) is 24.1 Å². The minimum Gasteiger partial charge on any atom is -0.380 e. The average Bonchev–Trinajstić information content (AvgIpc) is 3.48. The number of fused-ring (bicyclic) bond motifs is 2. The Bertz CT molecular complexity index is 1300. The van der Waals surface area contributed by atoms with Crippen LogP contribution < -0.4 is 5.32 Å². The van der Waals surface area contributed by atoms with E-state index in [4.69, 9.17) is 4.74 Å². The predicted molar refractivity (Wildman–Crippen MR) is 108 cm³/mol. The SMILES string of the molecule is COCc1cc(F)c2nc(-c3cnc(C)c4cnc(NC(=O)C5CC5)cc34)nn2c1. The number of amides is 1. The number of nitrogens with one attached hydrogen (secondary N) is 1. The molecule has 4 heterocycles. The molecule has 4 aromatic rings. The number of aryl methyl sites for hydroxylation is 1. The highest BCUT2D eigenvalue weighted by Crippen LogP contribution is 2.32. The largest absolute Gasteiger partial charge is 0.380 e. The Balaban J connectivity index is 1.63. The van der Waals surface area contributed by atoms with Gasteiger partial charge in [0.2, 0.25) is 5.91 Å². The van der Waals surface area contributed by atoms with E-state index < -0.39 is 5.82 Å². The Kier molecular flexibility index (Phi) is 4.39. The van der Waals surface area contributed by atoms with Crippen molar-refractivity contribution < 1.29 is 13.9 Å². The van der Waals surface area contributed by atoms with Crippen LogP contribution in [0.3, 0.4) is 0 Å². The summed E-state index contributed by atoms with van der Waals surface area (Å²) in [6.45, 7) is 2.15. The lowest BCUT2D eigenvalue weighted by atomic mass is 10.1. The van der Waals surface area contributed by atoms with E-state index in [1.165, 1.54) is 10.6 Å². The first-order chi connectivity index (χ1) is 14.5. The van der Waals surface area contributed by atoms with Crippen LogP contribution in [0.15, 0.2) is 30.7 Å². The number of methoxy groups -OCH3 is 1. The number of carbonyl (C=O) groups excluding carboxylic acids is 1. The number of carbonyl (C=O) groups is 1. The second-order valence-corrected chi connectivity index (χ2v) is 7.47. The minimum absolute atomic E-state index is 0.0206. The zero-order valence-electron chi connectivity index (χ0n) is 16.5. The normalized spacial score (nSPS) is 13.8. The Morgan fingerprint density at radius 1 is 1.27 bits per heavy atom. The van der Waals surface area contributed by atoms with Crippen LogP contribution in [0.25, 0.3) is 27.8 Å². The third kappa shape index (κ3) is 3.26. The third-order valence-electron chi connectivity index (χ3n) is 5.17. The number of pyridine rings is 3. The zero-order valence-corrected chi connectivity index (χ0v) is 16.5. The van der Waals surface area contributed by atoms with E-state index in [9.17, 15) is 9.18 Å². The number of aromatic nitrogens is 5. The summed E-state index contributed by atoms with van der Waals surface area (Å²) >= 11 is 0. The Labute approximate surface area is 171 Å². The van der Waals surface area contributed by atoms with Crippen LogP contribution in [-0.2, 0) is 16.1 Å².